The molecule has 0 atom stereocenters. The zero-order chi connectivity index (χ0) is 20.8. The number of fused-ring (bicyclic) bond motifs is 1. The van der Waals surface area contributed by atoms with Crippen LogP contribution in [0, 0.1) is 0 Å². The smallest absolute Gasteiger partial charge is 0.319 e. The summed E-state index contributed by atoms with van der Waals surface area (Å²) in [7, 11) is 0. The normalized spacial score (nSPS) is 13.2. The molecule has 7 nitrogen and oxygen atoms in total. The van der Waals surface area contributed by atoms with Crippen LogP contribution in [-0.2, 0) is 12.8 Å². The van der Waals surface area contributed by atoms with Crippen LogP contribution in [0.2, 0.25) is 0 Å². The Morgan fingerprint density at radius 3 is 2.52 bits per heavy atom. The van der Waals surface area contributed by atoms with Crippen molar-refractivity contribution in [3.63, 3.8) is 0 Å². The van der Waals surface area contributed by atoms with Gasteiger partial charge in [0.2, 0.25) is 0 Å². The number of amides is 4. The fourth-order valence-electron chi connectivity index (χ4n) is 3.19. The van der Waals surface area contributed by atoms with Crippen LogP contribution < -0.4 is 21.5 Å². The number of hydrogen-bond donors (Lipinski definition) is 4. The van der Waals surface area contributed by atoms with E-state index in [9.17, 15) is 14.4 Å². The summed E-state index contributed by atoms with van der Waals surface area (Å²) in [5.41, 5.74) is 6.99. The van der Waals surface area contributed by atoms with Gasteiger partial charge in [-0.05, 0) is 69.4 Å². The van der Waals surface area contributed by atoms with Crippen molar-refractivity contribution < 1.29 is 14.4 Å². The summed E-state index contributed by atoms with van der Waals surface area (Å²) < 4.78 is 0. The average Bonchev–Trinajstić information content (AvgIpc) is 2.96. The number of hydrazine groups is 1. The number of rotatable bonds is 4. The number of carbonyl (C=O) groups is 3. The van der Waals surface area contributed by atoms with Crippen molar-refractivity contribution in [2.75, 3.05) is 5.32 Å². The first-order valence-corrected chi connectivity index (χ1v) is 10.6. The third-order valence-corrected chi connectivity index (χ3v) is 5.80. The van der Waals surface area contributed by atoms with Gasteiger partial charge in [0.25, 0.3) is 11.8 Å². The minimum absolute atomic E-state index is 0.00369. The Morgan fingerprint density at radius 2 is 1.72 bits per heavy atom. The standard InChI is InChI=1S/C21H26N4O3S/c1-13(2)22-21(28)23-16-9-6-8-15(11-16)19(26)24-25-20(27)18-12-14-7-4-3-5-10-17(14)29-18/h6,8-9,11-13H,3-5,7,10H2,1-2H3,(H,24,26)(H,25,27)(H2,22,23,28). The lowest BCUT2D eigenvalue weighted by Crippen LogP contribution is -2.41. The maximum absolute atomic E-state index is 12.4. The monoisotopic (exact) mass is 414 g/mol. The van der Waals surface area contributed by atoms with E-state index in [1.54, 1.807) is 24.3 Å². The van der Waals surface area contributed by atoms with Crippen molar-refractivity contribution in [1.29, 1.82) is 0 Å². The van der Waals surface area contributed by atoms with Crippen molar-refractivity contribution in [3.05, 3.63) is 51.2 Å². The van der Waals surface area contributed by atoms with Crippen LogP contribution in [-0.4, -0.2) is 23.9 Å². The first-order chi connectivity index (χ1) is 13.9. The maximum Gasteiger partial charge on any atom is 0.319 e. The van der Waals surface area contributed by atoms with E-state index < -0.39 is 5.91 Å². The van der Waals surface area contributed by atoms with Gasteiger partial charge in [0.05, 0.1) is 4.88 Å². The highest BCUT2D eigenvalue weighted by molar-refractivity contribution is 7.14. The predicted molar refractivity (Wildman–Crippen MR) is 114 cm³/mol. The maximum atomic E-state index is 12.4. The molecule has 4 N–H and O–H groups in total. The zero-order valence-corrected chi connectivity index (χ0v) is 17.4. The first-order valence-electron chi connectivity index (χ1n) is 9.82. The van der Waals surface area contributed by atoms with Gasteiger partial charge in [-0.2, -0.15) is 0 Å². The molecular formula is C21H26N4O3S. The number of benzene rings is 1. The highest BCUT2D eigenvalue weighted by Crippen LogP contribution is 2.28. The summed E-state index contributed by atoms with van der Waals surface area (Å²) >= 11 is 1.50. The van der Waals surface area contributed by atoms with E-state index in [4.69, 9.17) is 0 Å². The van der Waals surface area contributed by atoms with Crippen LogP contribution in [0.3, 0.4) is 0 Å². The molecule has 0 bridgehead atoms. The second-order valence-electron chi connectivity index (χ2n) is 7.36. The van der Waals surface area contributed by atoms with E-state index in [-0.39, 0.29) is 18.0 Å². The molecule has 1 heterocycles. The largest absolute Gasteiger partial charge is 0.336 e. The van der Waals surface area contributed by atoms with Crippen molar-refractivity contribution in [3.8, 4) is 0 Å². The number of aryl methyl sites for hydroxylation is 2. The summed E-state index contributed by atoms with van der Waals surface area (Å²) in [5, 5.41) is 5.39. The van der Waals surface area contributed by atoms with Gasteiger partial charge in [-0.3, -0.25) is 20.4 Å². The molecule has 0 fully saturated rings. The molecule has 3 rings (SSSR count). The van der Waals surface area contributed by atoms with Crippen LogP contribution in [0.4, 0.5) is 10.5 Å². The fourth-order valence-corrected chi connectivity index (χ4v) is 4.34. The molecule has 1 aliphatic carbocycles. The molecule has 0 unspecified atom stereocenters. The number of nitrogens with one attached hydrogen (secondary N) is 4. The summed E-state index contributed by atoms with van der Waals surface area (Å²) in [5.74, 6) is -0.772. The average molecular weight is 415 g/mol. The summed E-state index contributed by atoms with van der Waals surface area (Å²) in [6.45, 7) is 3.72. The quantitative estimate of drug-likeness (QED) is 0.454. The van der Waals surface area contributed by atoms with Crippen molar-refractivity contribution in [1.82, 2.24) is 16.2 Å². The van der Waals surface area contributed by atoms with Gasteiger partial charge in [-0.1, -0.05) is 12.5 Å². The summed E-state index contributed by atoms with van der Waals surface area (Å²) in [6, 6.07) is 8.11. The van der Waals surface area contributed by atoms with Crippen LogP contribution in [0.15, 0.2) is 30.3 Å². The third kappa shape index (κ3) is 5.80. The molecule has 8 heteroatoms. The molecule has 1 aliphatic rings. The predicted octanol–water partition coefficient (Wildman–Crippen LogP) is 3.62. The van der Waals surface area contributed by atoms with E-state index in [1.807, 2.05) is 19.9 Å². The zero-order valence-electron chi connectivity index (χ0n) is 16.6. The molecule has 0 saturated carbocycles. The Bertz CT molecular complexity index is 884. The lowest BCUT2D eigenvalue weighted by atomic mass is 10.1. The van der Waals surface area contributed by atoms with Crippen LogP contribution in [0.25, 0.3) is 0 Å². The Labute approximate surface area is 174 Å². The van der Waals surface area contributed by atoms with Gasteiger partial charge < -0.3 is 10.6 Å². The summed E-state index contributed by atoms with van der Waals surface area (Å²) in [4.78, 5) is 38.5. The molecule has 29 heavy (non-hydrogen) atoms. The molecule has 1 aromatic heterocycles. The molecular weight excluding hydrogens is 388 g/mol. The lowest BCUT2D eigenvalue weighted by Gasteiger charge is -2.11. The Balaban J connectivity index is 1.57. The van der Waals surface area contributed by atoms with Crippen LogP contribution >= 0.6 is 11.3 Å². The van der Waals surface area contributed by atoms with Crippen molar-refractivity contribution >= 4 is 34.9 Å². The molecule has 0 radical (unpaired) electrons. The highest BCUT2D eigenvalue weighted by Gasteiger charge is 2.17. The number of thiophene rings is 1. The minimum Gasteiger partial charge on any atom is -0.336 e. The lowest BCUT2D eigenvalue weighted by molar-refractivity contribution is 0.0849. The highest BCUT2D eigenvalue weighted by atomic mass is 32.1. The molecule has 4 amide bonds. The molecule has 2 aromatic rings. The molecule has 0 aliphatic heterocycles. The number of urea groups is 1. The summed E-state index contributed by atoms with van der Waals surface area (Å²) in [6.07, 6.45) is 5.57. The Kier molecular flexibility index (Phi) is 6.87. The van der Waals surface area contributed by atoms with Gasteiger partial charge in [-0.15, -0.1) is 11.3 Å². The molecule has 0 spiro atoms. The molecule has 154 valence electrons. The number of hydrogen-bond acceptors (Lipinski definition) is 4. The van der Waals surface area contributed by atoms with Crippen LogP contribution in [0.1, 0.15) is 63.6 Å². The minimum atomic E-state index is -0.454. The van der Waals surface area contributed by atoms with Gasteiger partial charge in [0.15, 0.2) is 0 Å². The van der Waals surface area contributed by atoms with E-state index in [0.29, 0.717) is 16.1 Å². The van der Waals surface area contributed by atoms with E-state index in [2.05, 4.69) is 21.5 Å². The van der Waals surface area contributed by atoms with Gasteiger partial charge in [0.1, 0.15) is 0 Å². The van der Waals surface area contributed by atoms with Gasteiger partial charge in [0, 0.05) is 22.2 Å². The second-order valence-corrected chi connectivity index (χ2v) is 8.50. The van der Waals surface area contributed by atoms with Crippen molar-refractivity contribution in [2.24, 2.45) is 0 Å². The number of carbonyl (C=O) groups excluding carboxylic acids is 3. The van der Waals surface area contributed by atoms with Gasteiger partial charge >= 0.3 is 6.03 Å². The molecule has 1 aromatic carbocycles. The van der Waals surface area contributed by atoms with Crippen molar-refractivity contribution in [2.45, 2.75) is 52.0 Å². The first kappa shape index (κ1) is 20.9. The van der Waals surface area contributed by atoms with E-state index in [1.165, 1.54) is 28.2 Å². The Morgan fingerprint density at radius 1 is 0.966 bits per heavy atom. The Hall–Kier alpha value is -2.87. The van der Waals surface area contributed by atoms with E-state index >= 15 is 0 Å². The van der Waals surface area contributed by atoms with E-state index in [0.717, 1.165) is 25.7 Å². The fraction of sp³-hybridized carbons (Fsp3) is 0.381. The molecule has 0 saturated heterocycles. The number of anilines is 1. The van der Waals surface area contributed by atoms with Crippen LogP contribution in [0.5, 0.6) is 0 Å². The third-order valence-electron chi connectivity index (χ3n) is 4.56. The second kappa shape index (κ2) is 9.56. The topological polar surface area (TPSA) is 99.3 Å². The SMILES string of the molecule is CC(C)NC(=O)Nc1cccc(C(=O)NNC(=O)c2cc3c(s2)CCCCC3)c1. The van der Waals surface area contributed by atoms with Gasteiger partial charge in [-0.25, -0.2) is 4.79 Å².